The molecule has 4 nitrogen and oxygen atoms in total. The highest BCUT2D eigenvalue weighted by Gasteiger charge is 2.10. The first-order valence-electron chi connectivity index (χ1n) is 5.76. The second kappa shape index (κ2) is 5.14. The number of nitrogens with one attached hydrogen (secondary N) is 1. The van der Waals surface area contributed by atoms with E-state index in [0.717, 1.165) is 11.3 Å². The van der Waals surface area contributed by atoms with Crippen LogP contribution >= 0.6 is 31.9 Å². The van der Waals surface area contributed by atoms with E-state index in [9.17, 15) is 4.39 Å². The van der Waals surface area contributed by atoms with E-state index < -0.39 is 0 Å². The fourth-order valence-corrected chi connectivity index (χ4v) is 2.63. The van der Waals surface area contributed by atoms with Gasteiger partial charge in [-0.15, -0.1) is 0 Å². The van der Waals surface area contributed by atoms with Crippen LogP contribution in [0.5, 0.6) is 0 Å². The molecule has 2 heterocycles. The smallest absolute Gasteiger partial charge is 0.180 e. The Hall–Kier alpha value is -1.47. The Kier molecular flexibility index (Phi) is 3.47. The van der Waals surface area contributed by atoms with E-state index in [-0.39, 0.29) is 5.82 Å². The predicted molar refractivity (Wildman–Crippen MR) is 82.8 cm³/mol. The van der Waals surface area contributed by atoms with Crippen molar-refractivity contribution in [3.63, 3.8) is 0 Å². The lowest BCUT2D eigenvalue weighted by Crippen LogP contribution is -2.00. The molecule has 0 radical (unpaired) electrons. The topological polar surface area (TPSA) is 42.2 Å². The lowest BCUT2D eigenvalue weighted by molar-refractivity contribution is 0.620. The van der Waals surface area contributed by atoms with Gasteiger partial charge in [-0.2, -0.15) is 0 Å². The van der Waals surface area contributed by atoms with Crippen LogP contribution in [0.3, 0.4) is 0 Å². The minimum Gasteiger partial charge on any atom is -0.337 e. The van der Waals surface area contributed by atoms with Gasteiger partial charge in [0.15, 0.2) is 11.5 Å². The van der Waals surface area contributed by atoms with Gasteiger partial charge in [-0.3, -0.25) is 0 Å². The van der Waals surface area contributed by atoms with E-state index in [1.165, 1.54) is 6.07 Å². The van der Waals surface area contributed by atoms with Crippen LogP contribution < -0.4 is 5.32 Å². The van der Waals surface area contributed by atoms with Crippen LogP contribution in [0.2, 0.25) is 0 Å². The summed E-state index contributed by atoms with van der Waals surface area (Å²) in [5.41, 5.74) is 2.26. The largest absolute Gasteiger partial charge is 0.337 e. The zero-order valence-corrected chi connectivity index (χ0v) is 13.5. The molecule has 0 atom stereocenters. The molecule has 20 heavy (non-hydrogen) atoms. The Morgan fingerprint density at radius 2 is 2.10 bits per heavy atom. The van der Waals surface area contributed by atoms with Gasteiger partial charge in [0.25, 0.3) is 0 Å². The fraction of sp³-hybridized carbons (Fsp3) is 0.0769. The molecule has 0 aliphatic rings. The summed E-state index contributed by atoms with van der Waals surface area (Å²) in [4.78, 5) is 8.63. The van der Waals surface area contributed by atoms with Crippen molar-refractivity contribution in [1.29, 1.82) is 0 Å². The van der Waals surface area contributed by atoms with Gasteiger partial charge in [0, 0.05) is 24.3 Å². The molecule has 102 valence electrons. The summed E-state index contributed by atoms with van der Waals surface area (Å²) in [5, 5.41) is 3.19. The van der Waals surface area contributed by atoms with Gasteiger partial charge in [-0.25, -0.2) is 14.4 Å². The maximum atomic E-state index is 13.5. The number of fused-ring (bicyclic) bond motifs is 1. The monoisotopic (exact) mass is 398 g/mol. The van der Waals surface area contributed by atoms with E-state index in [2.05, 4.69) is 47.1 Å². The maximum absolute atomic E-state index is 13.5. The number of hydrogen-bond donors (Lipinski definition) is 1. The second-order valence-electron chi connectivity index (χ2n) is 4.28. The summed E-state index contributed by atoms with van der Waals surface area (Å²) < 4.78 is 16.4. The summed E-state index contributed by atoms with van der Waals surface area (Å²) in [7, 11) is 0. The minimum atomic E-state index is -0.291. The molecule has 0 aliphatic carbocycles. The number of aryl methyl sites for hydroxylation is 1. The third-order valence-electron chi connectivity index (χ3n) is 2.87. The van der Waals surface area contributed by atoms with Crippen LogP contribution in [0, 0.1) is 12.7 Å². The summed E-state index contributed by atoms with van der Waals surface area (Å²) in [5.74, 6) is 0.312. The number of aromatic nitrogens is 3. The molecule has 1 N–H and O–H groups in total. The molecular weight excluding hydrogens is 391 g/mol. The molecule has 0 saturated carbocycles. The Morgan fingerprint density at radius 1 is 1.30 bits per heavy atom. The van der Waals surface area contributed by atoms with Crippen molar-refractivity contribution in [3.05, 3.63) is 51.2 Å². The maximum Gasteiger partial charge on any atom is 0.180 e. The van der Waals surface area contributed by atoms with Crippen molar-refractivity contribution in [1.82, 2.24) is 14.4 Å². The minimum absolute atomic E-state index is 0.291. The molecular formula is C13H9Br2FN4. The van der Waals surface area contributed by atoms with Gasteiger partial charge < -0.3 is 9.72 Å². The van der Waals surface area contributed by atoms with Gasteiger partial charge in [-0.05, 0) is 56.5 Å². The average Bonchev–Trinajstić information content (AvgIpc) is 2.84. The number of imidazole rings is 1. The number of hydrogen-bond acceptors (Lipinski definition) is 3. The molecule has 2 aromatic heterocycles. The zero-order valence-electron chi connectivity index (χ0n) is 10.4. The molecule has 0 unspecified atom stereocenters. The van der Waals surface area contributed by atoms with Gasteiger partial charge >= 0.3 is 0 Å². The fourth-order valence-electron chi connectivity index (χ4n) is 1.89. The van der Waals surface area contributed by atoms with Crippen molar-refractivity contribution in [2.24, 2.45) is 0 Å². The first-order valence-corrected chi connectivity index (χ1v) is 7.35. The van der Waals surface area contributed by atoms with E-state index in [4.69, 9.17) is 0 Å². The SMILES string of the molecule is Cc1cc(F)c(Br)cc1Nc1nc(Br)cn2ccnc12. The molecule has 0 saturated heterocycles. The normalized spacial score (nSPS) is 11.0. The molecule has 7 heteroatoms. The quantitative estimate of drug-likeness (QED) is 0.692. The van der Waals surface area contributed by atoms with E-state index in [1.54, 1.807) is 12.3 Å². The molecule has 0 spiro atoms. The molecule has 0 fully saturated rings. The van der Waals surface area contributed by atoms with Crippen LogP contribution in [0.1, 0.15) is 5.56 Å². The van der Waals surface area contributed by atoms with Gasteiger partial charge in [0.2, 0.25) is 0 Å². The molecule has 1 aromatic carbocycles. The first kappa shape index (κ1) is 13.5. The Labute approximate surface area is 131 Å². The Balaban J connectivity index is 2.09. The van der Waals surface area contributed by atoms with E-state index in [0.29, 0.717) is 20.5 Å². The third-order valence-corrected chi connectivity index (χ3v) is 3.85. The van der Waals surface area contributed by atoms with E-state index >= 15 is 0 Å². The lowest BCUT2D eigenvalue weighted by Gasteiger charge is -2.11. The lowest BCUT2D eigenvalue weighted by atomic mass is 10.2. The van der Waals surface area contributed by atoms with Crippen LogP contribution in [0.15, 0.2) is 39.8 Å². The Morgan fingerprint density at radius 3 is 2.90 bits per heavy atom. The molecule has 0 aliphatic heterocycles. The third kappa shape index (κ3) is 2.43. The highest BCUT2D eigenvalue weighted by molar-refractivity contribution is 9.10. The van der Waals surface area contributed by atoms with Crippen LogP contribution in [0.4, 0.5) is 15.9 Å². The second-order valence-corrected chi connectivity index (χ2v) is 5.94. The summed E-state index contributed by atoms with van der Waals surface area (Å²) in [6.07, 6.45) is 5.35. The van der Waals surface area contributed by atoms with Crippen LogP contribution in [-0.4, -0.2) is 14.4 Å². The zero-order chi connectivity index (χ0) is 14.3. The van der Waals surface area contributed by atoms with Crippen LogP contribution in [-0.2, 0) is 0 Å². The van der Waals surface area contributed by atoms with Crippen LogP contribution in [0.25, 0.3) is 5.65 Å². The van der Waals surface area contributed by atoms with Crippen molar-refractivity contribution in [3.8, 4) is 0 Å². The summed E-state index contributed by atoms with van der Waals surface area (Å²) in [6, 6.07) is 3.15. The number of benzene rings is 1. The predicted octanol–water partition coefficient (Wildman–Crippen LogP) is 4.45. The number of nitrogens with zero attached hydrogens (tertiary/aromatic N) is 3. The molecule has 3 aromatic rings. The Bertz CT molecular complexity index is 800. The van der Waals surface area contributed by atoms with E-state index in [1.807, 2.05) is 23.7 Å². The van der Waals surface area contributed by atoms with Gasteiger partial charge in [-0.1, -0.05) is 0 Å². The summed E-state index contributed by atoms with van der Waals surface area (Å²) >= 11 is 6.54. The van der Waals surface area contributed by atoms with Crippen molar-refractivity contribution < 1.29 is 4.39 Å². The number of halogens is 3. The molecule has 0 amide bonds. The molecule has 3 rings (SSSR count). The summed E-state index contributed by atoms with van der Waals surface area (Å²) in [6.45, 7) is 1.83. The van der Waals surface area contributed by atoms with Crippen molar-refractivity contribution >= 4 is 49.0 Å². The standard InChI is InChI=1S/C13H9Br2FN4/c1-7-4-9(16)8(14)5-10(7)18-12-13-17-2-3-20(13)6-11(15)19-12/h2-6H,1H3,(H,18,19). The molecule has 0 bridgehead atoms. The van der Waals surface area contributed by atoms with Gasteiger partial charge in [0.05, 0.1) is 4.47 Å². The number of anilines is 2. The van der Waals surface area contributed by atoms with Crippen molar-refractivity contribution in [2.75, 3.05) is 5.32 Å². The highest BCUT2D eigenvalue weighted by atomic mass is 79.9. The van der Waals surface area contributed by atoms with Gasteiger partial charge in [0.1, 0.15) is 10.4 Å². The average molecular weight is 400 g/mol. The van der Waals surface area contributed by atoms with Crippen molar-refractivity contribution in [2.45, 2.75) is 6.92 Å². The first-order chi connectivity index (χ1) is 9.54. The highest BCUT2D eigenvalue weighted by Crippen LogP contribution is 2.28. The number of rotatable bonds is 2.